The fourth-order valence-electron chi connectivity index (χ4n) is 3.87. The molecule has 2 amide bonds. The number of benzene rings is 2. The number of nitrogens with one attached hydrogen (secondary N) is 1. The van der Waals surface area contributed by atoms with Crippen molar-refractivity contribution in [2.75, 3.05) is 20.2 Å². The van der Waals surface area contributed by atoms with Gasteiger partial charge in [-0.2, -0.15) is 5.10 Å². The molecule has 0 saturated carbocycles. The van der Waals surface area contributed by atoms with Crippen LogP contribution < -0.4 is 10.1 Å². The summed E-state index contributed by atoms with van der Waals surface area (Å²) in [6.07, 6.45) is 3.18. The molecular weight excluding hydrogens is 411 g/mol. The predicted octanol–water partition coefficient (Wildman–Crippen LogP) is 2.98. The third-order valence-electron chi connectivity index (χ3n) is 5.64. The van der Waals surface area contributed by atoms with Gasteiger partial charge in [0, 0.05) is 30.9 Å². The van der Waals surface area contributed by atoms with Crippen molar-refractivity contribution in [2.24, 2.45) is 0 Å². The van der Waals surface area contributed by atoms with Gasteiger partial charge in [0.25, 0.3) is 5.91 Å². The smallest absolute Gasteiger partial charge is 0.272 e. The summed E-state index contributed by atoms with van der Waals surface area (Å²) in [4.78, 5) is 27.1. The molecule has 0 aliphatic carbocycles. The average molecular weight is 436 g/mol. The molecule has 1 saturated heterocycles. The standard InChI is InChI=1S/C24H25FN4O3/c1-32-22-9-5-2-6-17(22)16-23(30)28-13-10-18(11-14-28)26-24(31)20-12-15-29(27-20)21-8-4-3-7-19(21)25/h2-9,12,15,18H,10-11,13-14,16H2,1H3,(H,26,31). The fraction of sp³-hybridized carbons (Fsp3) is 0.292. The first kappa shape index (κ1) is 21.5. The zero-order valence-electron chi connectivity index (χ0n) is 17.8. The maximum atomic E-state index is 13.9. The summed E-state index contributed by atoms with van der Waals surface area (Å²) >= 11 is 0. The average Bonchev–Trinajstić information content (AvgIpc) is 3.30. The number of carbonyl (C=O) groups excluding carboxylic acids is 2. The van der Waals surface area contributed by atoms with Gasteiger partial charge in [-0.25, -0.2) is 9.07 Å². The lowest BCUT2D eigenvalue weighted by atomic mass is 10.0. The van der Waals surface area contributed by atoms with Gasteiger partial charge in [0.2, 0.25) is 5.91 Å². The molecule has 0 bridgehead atoms. The predicted molar refractivity (Wildman–Crippen MR) is 117 cm³/mol. The van der Waals surface area contributed by atoms with E-state index in [4.69, 9.17) is 4.74 Å². The third kappa shape index (κ3) is 4.80. The van der Waals surface area contributed by atoms with Crippen molar-refractivity contribution in [3.63, 3.8) is 0 Å². The van der Waals surface area contributed by atoms with E-state index in [1.165, 1.54) is 10.7 Å². The van der Waals surface area contributed by atoms with Crippen molar-refractivity contribution >= 4 is 11.8 Å². The van der Waals surface area contributed by atoms with Crippen LogP contribution in [0.4, 0.5) is 4.39 Å². The topological polar surface area (TPSA) is 76.5 Å². The minimum absolute atomic E-state index is 0.0444. The van der Waals surface area contributed by atoms with E-state index in [0.717, 1.165) is 5.56 Å². The van der Waals surface area contributed by atoms with Gasteiger partial charge in [-0.05, 0) is 37.1 Å². The van der Waals surface area contributed by atoms with Crippen LogP contribution in [0.25, 0.3) is 5.69 Å². The van der Waals surface area contributed by atoms with Crippen LogP contribution >= 0.6 is 0 Å². The highest BCUT2D eigenvalue weighted by Gasteiger charge is 2.25. The summed E-state index contributed by atoms with van der Waals surface area (Å²) in [5, 5.41) is 7.18. The number of likely N-dealkylation sites (tertiary alicyclic amines) is 1. The second-order valence-corrected chi connectivity index (χ2v) is 7.71. The number of aromatic nitrogens is 2. The Balaban J connectivity index is 1.30. The van der Waals surface area contributed by atoms with Crippen LogP contribution in [0.3, 0.4) is 0 Å². The van der Waals surface area contributed by atoms with Crippen LogP contribution in [-0.2, 0) is 11.2 Å². The maximum absolute atomic E-state index is 13.9. The van der Waals surface area contributed by atoms with Crippen molar-refractivity contribution in [1.82, 2.24) is 20.0 Å². The van der Waals surface area contributed by atoms with Crippen LogP contribution in [0.15, 0.2) is 60.8 Å². The van der Waals surface area contributed by atoms with E-state index in [-0.39, 0.29) is 35.7 Å². The van der Waals surface area contributed by atoms with Gasteiger partial charge in [-0.3, -0.25) is 9.59 Å². The first-order valence-corrected chi connectivity index (χ1v) is 10.6. The van der Waals surface area contributed by atoms with Crippen LogP contribution in [-0.4, -0.2) is 52.7 Å². The maximum Gasteiger partial charge on any atom is 0.272 e. The third-order valence-corrected chi connectivity index (χ3v) is 5.64. The van der Waals surface area contributed by atoms with E-state index < -0.39 is 5.82 Å². The summed E-state index contributed by atoms with van der Waals surface area (Å²) in [6.45, 7) is 1.14. The summed E-state index contributed by atoms with van der Waals surface area (Å²) in [5.74, 6) is 0.0346. The van der Waals surface area contributed by atoms with Gasteiger partial charge in [0.1, 0.15) is 17.3 Å². The highest BCUT2D eigenvalue weighted by atomic mass is 19.1. The second kappa shape index (κ2) is 9.64. The van der Waals surface area contributed by atoms with E-state index in [0.29, 0.717) is 31.7 Å². The number of nitrogens with zero attached hydrogens (tertiary/aromatic N) is 3. The molecule has 1 aromatic heterocycles. The Labute approximate surface area is 185 Å². The van der Waals surface area contributed by atoms with Gasteiger partial charge in [0.05, 0.1) is 13.5 Å². The number of amides is 2. The molecule has 0 radical (unpaired) electrons. The number of carbonyl (C=O) groups is 2. The summed E-state index contributed by atoms with van der Waals surface area (Å²) < 4.78 is 20.6. The molecule has 7 nitrogen and oxygen atoms in total. The molecule has 0 atom stereocenters. The molecule has 32 heavy (non-hydrogen) atoms. The molecule has 4 rings (SSSR count). The van der Waals surface area contributed by atoms with Crippen LogP contribution in [0.2, 0.25) is 0 Å². The summed E-state index contributed by atoms with van der Waals surface area (Å²) in [5.41, 5.74) is 1.37. The molecule has 3 aromatic rings. The molecule has 166 valence electrons. The molecule has 2 aromatic carbocycles. The van der Waals surface area contributed by atoms with Gasteiger partial charge < -0.3 is 15.0 Å². The van der Waals surface area contributed by atoms with E-state index in [1.54, 1.807) is 37.6 Å². The number of piperidine rings is 1. The van der Waals surface area contributed by atoms with Gasteiger partial charge in [-0.1, -0.05) is 30.3 Å². The highest BCUT2D eigenvalue weighted by molar-refractivity contribution is 5.92. The monoisotopic (exact) mass is 436 g/mol. The Hall–Kier alpha value is -3.68. The lowest BCUT2D eigenvalue weighted by molar-refractivity contribution is -0.131. The van der Waals surface area contributed by atoms with Crippen molar-refractivity contribution in [1.29, 1.82) is 0 Å². The van der Waals surface area contributed by atoms with Crippen LogP contribution in [0.5, 0.6) is 5.75 Å². The molecule has 0 spiro atoms. The molecule has 2 heterocycles. The Kier molecular flexibility index (Phi) is 6.49. The molecule has 1 N–H and O–H groups in total. The van der Waals surface area contributed by atoms with Gasteiger partial charge in [-0.15, -0.1) is 0 Å². The summed E-state index contributed by atoms with van der Waals surface area (Å²) in [7, 11) is 1.59. The van der Waals surface area contributed by atoms with E-state index >= 15 is 0 Å². The van der Waals surface area contributed by atoms with Crippen molar-refractivity contribution < 1.29 is 18.7 Å². The normalized spacial score (nSPS) is 14.2. The largest absolute Gasteiger partial charge is 0.496 e. The number of methoxy groups -OCH3 is 1. The van der Waals surface area contributed by atoms with E-state index in [1.807, 2.05) is 29.2 Å². The van der Waals surface area contributed by atoms with Crippen LogP contribution in [0.1, 0.15) is 28.9 Å². The van der Waals surface area contributed by atoms with Gasteiger partial charge in [0.15, 0.2) is 5.69 Å². The minimum atomic E-state index is -0.410. The number of hydrogen-bond acceptors (Lipinski definition) is 4. The molecule has 1 aliphatic rings. The number of rotatable bonds is 6. The lowest BCUT2D eigenvalue weighted by Gasteiger charge is -2.32. The molecule has 1 aliphatic heterocycles. The Morgan fingerprint density at radius 3 is 2.56 bits per heavy atom. The zero-order valence-corrected chi connectivity index (χ0v) is 17.8. The van der Waals surface area contributed by atoms with E-state index in [9.17, 15) is 14.0 Å². The van der Waals surface area contributed by atoms with Crippen molar-refractivity contribution in [3.05, 3.63) is 77.9 Å². The number of ether oxygens (including phenoxy) is 1. The fourth-order valence-corrected chi connectivity index (χ4v) is 3.87. The number of para-hydroxylation sites is 2. The molecular formula is C24H25FN4O3. The van der Waals surface area contributed by atoms with Crippen LogP contribution in [0, 0.1) is 5.82 Å². The first-order valence-electron chi connectivity index (χ1n) is 10.6. The lowest BCUT2D eigenvalue weighted by Crippen LogP contribution is -2.47. The van der Waals surface area contributed by atoms with E-state index in [2.05, 4.69) is 10.4 Å². The Bertz CT molecular complexity index is 1110. The SMILES string of the molecule is COc1ccccc1CC(=O)N1CCC(NC(=O)c2ccn(-c3ccccc3F)n2)CC1. The molecule has 8 heteroatoms. The first-order chi connectivity index (χ1) is 15.5. The zero-order chi connectivity index (χ0) is 22.5. The Morgan fingerprint density at radius 2 is 1.81 bits per heavy atom. The Morgan fingerprint density at radius 1 is 1.09 bits per heavy atom. The summed E-state index contributed by atoms with van der Waals surface area (Å²) in [6, 6.07) is 15.3. The number of halogens is 1. The van der Waals surface area contributed by atoms with Gasteiger partial charge >= 0.3 is 0 Å². The van der Waals surface area contributed by atoms with Crippen molar-refractivity contribution in [2.45, 2.75) is 25.3 Å². The second-order valence-electron chi connectivity index (χ2n) is 7.71. The number of hydrogen-bond donors (Lipinski definition) is 1. The highest BCUT2D eigenvalue weighted by Crippen LogP contribution is 2.20. The minimum Gasteiger partial charge on any atom is -0.496 e. The van der Waals surface area contributed by atoms with Crippen molar-refractivity contribution in [3.8, 4) is 11.4 Å². The molecule has 1 fully saturated rings. The molecule has 0 unspecified atom stereocenters. The quantitative estimate of drug-likeness (QED) is 0.645.